The number of carbonyl (C=O) groups excluding carboxylic acids is 1. The molecule has 1 N–H and O–H groups in total. The van der Waals surface area contributed by atoms with E-state index in [4.69, 9.17) is 23.2 Å². The first-order valence-electron chi connectivity index (χ1n) is 6.13. The molecule has 0 saturated heterocycles. The monoisotopic (exact) mass is 303 g/mol. The first kappa shape index (κ1) is 13.2. The number of carbonyl (C=O) groups is 1. The Hall–Kier alpha value is -1.77. The lowest BCUT2D eigenvalue weighted by molar-refractivity contribution is 0.112. The van der Waals surface area contributed by atoms with Crippen LogP contribution in [0.1, 0.15) is 15.9 Å². The Morgan fingerprint density at radius 1 is 1.15 bits per heavy atom. The van der Waals surface area contributed by atoms with Gasteiger partial charge in [-0.1, -0.05) is 41.4 Å². The fourth-order valence-electron chi connectivity index (χ4n) is 2.41. The third-order valence-electron chi connectivity index (χ3n) is 3.40. The van der Waals surface area contributed by atoms with Crippen molar-refractivity contribution >= 4 is 40.4 Å². The van der Waals surface area contributed by atoms with Crippen LogP contribution in [0, 0.1) is 6.92 Å². The van der Waals surface area contributed by atoms with Crippen LogP contribution in [0.3, 0.4) is 0 Å². The summed E-state index contributed by atoms with van der Waals surface area (Å²) >= 11 is 12.2. The number of fused-ring (bicyclic) bond motifs is 1. The first-order valence-corrected chi connectivity index (χ1v) is 6.89. The van der Waals surface area contributed by atoms with Gasteiger partial charge in [-0.2, -0.15) is 0 Å². The number of halogens is 2. The molecule has 100 valence electrons. The number of nitrogens with one attached hydrogen (secondary N) is 1. The number of aryl methyl sites for hydroxylation is 1. The van der Waals surface area contributed by atoms with Crippen molar-refractivity contribution in [3.8, 4) is 11.3 Å². The van der Waals surface area contributed by atoms with Gasteiger partial charge in [0.05, 0.1) is 10.7 Å². The van der Waals surface area contributed by atoms with E-state index < -0.39 is 0 Å². The highest BCUT2D eigenvalue weighted by atomic mass is 35.5. The molecule has 4 heteroatoms. The molecule has 0 atom stereocenters. The number of aromatic nitrogens is 1. The van der Waals surface area contributed by atoms with E-state index in [1.807, 2.05) is 31.2 Å². The molecule has 0 fully saturated rings. The van der Waals surface area contributed by atoms with Gasteiger partial charge in [0, 0.05) is 27.1 Å². The Balaban J connectivity index is 2.36. The second kappa shape index (κ2) is 4.97. The number of benzene rings is 2. The molecular formula is C16H11Cl2NO. The zero-order chi connectivity index (χ0) is 14.3. The van der Waals surface area contributed by atoms with Gasteiger partial charge in [0.2, 0.25) is 0 Å². The summed E-state index contributed by atoms with van der Waals surface area (Å²) in [7, 11) is 0. The van der Waals surface area contributed by atoms with Crippen molar-refractivity contribution < 1.29 is 4.79 Å². The van der Waals surface area contributed by atoms with Crippen LogP contribution in [-0.4, -0.2) is 11.3 Å². The molecule has 0 radical (unpaired) electrons. The summed E-state index contributed by atoms with van der Waals surface area (Å²) in [6.45, 7) is 2.00. The minimum Gasteiger partial charge on any atom is -0.354 e. The highest BCUT2D eigenvalue weighted by Gasteiger charge is 2.15. The van der Waals surface area contributed by atoms with E-state index in [0.29, 0.717) is 15.6 Å². The van der Waals surface area contributed by atoms with Gasteiger partial charge in [0.1, 0.15) is 0 Å². The predicted octanol–water partition coefficient (Wildman–Crippen LogP) is 5.26. The lowest BCUT2D eigenvalue weighted by Crippen LogP contribution is -1.85. The number of hydrogen-bond acceptors (Lipinski definition) is 1. The summed E-state index contributed by atoms with van der Waals surface area (Å²) in [6, 6.07) is 11.1. The van der Waals surface area contributed by atoms with Gasteiger partial charge < -0.3 is 4.98 Å². The largest absolute Gasteiger partial charge is 0.354 e. The summed E-state index contributed by atoms with van der Waals surface area (Å²) in [4.78, 5) is 14.8. The summed E-state index contributed by atoms with van der Waals surface area (Å²) < 4.78 is 0. The van der Waals surface area contributed by atoms with Crippen molar-refractivity contribution in [2.75, 3.05) is 0 Å². The van der Waals surface area contributed by atoms with Crippen LogP contribution in [0.5, 0.6) is 0 Å². The molecule has 2 nitrogen and oxygen atoms in total. The zero-order valence-corrected chi connectivity index (χ0v) is 12.2. The van der Waals surface area contributed by atoms with Gasteiger partial charge >= 0.3 is 0 Å². The molecule has 0 unspecified atom stereocenters. The van der Waals surface area contributed by atoms with E-state index in [2.05, 4.69) is 4.98 Å². The highest BCUT2D eigenvalue weighted by molar-refractivity contribution is 6.36. The number of para-hydroxylation sites is 1. The average molecular weight is 304 g/mol. The topological polar surface area (TPSA) is 32.9 Å². The number of H-pyrrole nitrogens is 1. The van der Waals surface area contributed by atoms with Crippen molar-refractivity contribution in [2.45, 2.75) is 6.92 Å². The van der Waals surface area contributed by atoms with Crippen molar-refractivity contribution in [1.29, 1.82) is 0 Å². The van der Waals surface area contributed by atoms with E-state index in [9.17, 15) is 4.79 Å². The Morgan fingerprint density at radius 2 is 1.95 bits per heavy atom. The molecule has 1 heterocycles. The van der Waals surface area contributed by atoms with Crippen molar-refractivity contribution in [3.63, 3.8) is 0 Å². The maximum absolute atomic E-state index is 11.5. The molecule has 3 rings (SSSR count). The molecule has 0 saturated carbocycles. The number of aromatic amines is 1. The van der Waals surface area contributed by atoms with Gasteiger partial charge in [-0.15, -0.1) is 0 Å². The summed E-state index contributed by atoms with van der Waals surface area (Å²) in [6.07, 6.45) is 0.860. The Labute approximate surface area is 126 Å². The Bertz CT molecular complexity index is 821. The van der Waals surface area contributed by atoms with Crippen LogP contribution in [0.15, 0.2) is 36.4 Å². The van der Waals surface area contributed by atoms with Crippen LogP contribution in [0.25, 0.3) is 22.2 Å². The van der Waals surface area contributed by atoms with Gasteiger partial charge in [0.25, 0.3) is 0 Å². The maximum Gasteiger partial charge on any atom is 0.152 e. The van der Waals surface area contributed by atoms with Crippen LogP contribution in [-0.2, 0) is 0 Å². The van der Waals surface area contributed by atoms with Crippen LogP contribution >= 0.6 is 23.2 Å². The maximum atomic E-state index is 11.5. The summed E-state index contributed by atoms with van der Waals surface area (Å²) in [5.74, 6) is 0. The number of aldehydes is 1. The van der Waals surface area contributed by atoms with Crippen molar-refractivity contribution in [3.05, 3.63) is 57.6 Å². The van der Waals surface area contributed by atoms with Crippen LogP contribution in [0.2, 0.25) is 10.0 Å². The summed E-state index contributed by atoms with van der Waals surface area (Å²) in [5.41, 5.74) is 4.16. The summed E-state index contributed by atoms with van der Waals surface area (Å²) in [5, 5.41) is 1.99. The third kappa shape index (κ3) is 2.01. The second-order valence-corrected chi connectivity index (χ2v) is 5.50. The van der Waals surface area contributed by atoms with E-state index >= 15 is 0 Å². The standard InChI is InChI=1S/C16H11Cl2NO/c1-9-3-2-4-11-13(8-20)16(19-15(9)11)12-6-5-10(17)7-14(12)18/h2-8,19H,1H3. The van der Waals surface area contributed by atoms with E-state index in [1.54, 1.807) is 12.1 Å². The lowest BCUT2D eigenvalue weighted by Gasteiger charge is -2.03. The molecule has 1 aromatic heterocycles. The minimum atomic E-state index is 0.518. The van der Waals surface area contributed by atoms with Gasteiger partial charge in [0.15, 0.2) is 6.29 Å². The van der Waals surface area contributed by atoms with Gasteiger partial charge in [-0.3, -0.25) is 4.79 Å². The Kier molecular flexibility index (Phi) is 3.28. The van der Waals surface area contributed by atoms with E-state index in [1.165, 1.54) is 0 Å². The molecule has 20 heavy (non-hydrogen) atoms. The smallest absolute Gasteiger partial charge is 0.152 e. The molecule has 0 aliphatic rings. The first-order chi connectivity index (χ1) is 9.61. The van der Waals surface area contributed by atoms with Gasteiger partial charge in [-0.25, -0.2) is 0 Å². The normalized spacial score (nSPS) is 10.9. The van der Waals surface area contributed by atoms with Crippen molar-refractivity contribution in [1.82, 2.24) is 4.98 Å². The predicted molar refractivity (Wildman–Crippen MR) is 83.9 cm³/mol. The average Bonchev–Trinajstić information content (AvgIpc) is 2.78. The molecule has 0 spiro atoms. The zero-order valence-electron chi connectivity index (χ0n) is 10.7. The Morgan fingerprint density at radius 3 is 2.65 bits per heavy atom. The minimum absolute atomic E-state index is 0.518. The molecule has 0 amide bonds. The molecule has 2 aromatic carbocycles. The van der Waals surface area contributed by atoms with Crippen molar-refractivity contribution in [2.24, 2.45) is 0 Å². The number of hydrogen-bond donors (Lipinski definition) is 1. The van der Waals surface area contributed by atoms with Crippen LogP contribution in [0.4, 0.5) is 0 Å². The van der Waals surface area contributed by atoms with Crippen LogP contribution < -0.4 is 0 Å². The number of rotatable bonds is 2. The lowest BCUT2D eigenvalue weighted by atomic mass is 10.1. The fourth-order valence-corrected chi connectivity index (χ4v) is 2.92. The fraction of sp³-hybridized carbons (Fsp3) is 0.0625. The molecular weight excluding hydrogens is 293 g/mol. The molecule has 0 aliphatic carbocycles. The van der Waals surface area contributed by atoms with Gasteiger partial charge in [-0.05, 0) is 30.7 Å². The molecule has 0 aliphatic heterocycles. The highest BCUT2D eigenvalue weighted by Crippen LogP contribution is 2.35. The second-order valence-electron chi connectivity index (χ2n) is 4.65. The molecule has 0 bridgehead atoms. The quantitative estimate of drug-likeness (QED) is 0.643. The van der Waals surface area contributed by atoms with E-state index in [0.717, 1.165) is 34.0 Å². The van der Waals surface area contributed by atoms with E-state index in [-0.39, 0.29) is 0 Å². The SMILES string of the molecule is Cc1cccc2c(C=O)c(-c3ccc(Cl)cc3Cl)[nH]c12. The molecule has 3 aromatic rings. The third-order valence-corrected chi connectivity index (χ3v) is 3.95.